The van der Waals surface area contributed by atoms with E-state index in [0.29, 0.717) is 32.8 Å². The number of sulfone groups is 1. The van der Waals surface area contributed by atoms with Crippen LogP contribution in [0, 0.1) is 13.8 Å². The van der Waals surface area contributed by atoms with Gasteiger partial charge in [0.2, 0.25) is 0 Å². The van der Waals surface area contributed by atoms with Crippen LogP contribution in [0.5, 0.6) is 5.75 Å². The predicted octanol–water partition coefficient (Wildman–Crippen LogP) is 5.25. The van der Waals surface area contributed by atoms with Gasteiger partial charge >= 0.3 is 0 Å². The maximum atomic E-state index is 13.4. The number of carbonyl (C=O) groups excluding carboxylic acids is 1. The van der Waals surface area contributed by atoms with Crippen molar-refractivity contribution >= 4 is 50.5 Å². The molecule has 0 N–H and O–H groups in total. The number of amides is 1. The van der Waals surface area contributed by atoms with E-state index in [9.17, 15) is 13.2 Å². The van der Waals surface area contributed by atoms with Gasteiger partial charge < -0.3 is 9.64 Å². The molecule has 9 heteroatoms. The number of benzene rings is 2. The van der Waals surface area contributed by atoms with E-state index in [-0.39, 0.29) is 24.0 Å². The zero-order valence-corrected chi connectivity index (χ0v) is 20.6. The first-order valence-electron chi connectivity index (χ1n) is 9.85. The largest absolute Gasteiger partial charge is 0.481 e. The Morgan fingerprint density at radius 1 is 1.16 bits per heavy atom. The van der Waals surface area contributed by atoms with Crippen molar-refractivity contribution < 1.29 is 17.9 Å². The molecule has 1 heterocycles. The van der Waals surface area contributed by atoms with Gasteiger partial charge in [0.25, 0.3) is 5.91 Å². The Labute approximate surface area is 198 Å². The minimum atomic E-state index is -3.19. The van der Waals surface area contributed by atoms with Gasteiger partial charge in [-0.1, -0.05) is 40.9 Å². The van der Waals surface area contributed by atoms with Gasteiger partial charge in [-0.15, -0.1) is 0 Å². The summed E-state index contributed by atoms with van der Waals surface area (Å²) in [5.74, 6) is 0.207. The molecular weight excluding hydrogens is 481 g/mol. The van der Waals surface area contributed by atoms with E-state index < -0.39 is 22.0 Å². The highest BCUT2D eigenvalue weighted by Crippen LogP contribution is 2.29. The fourth-order valence-corrected chi connectivity index (χ4v) is 6.01. The highest BCUT2D eigenvalue weighted by Gasteiger charge is 2.37. The molecule has 2 aromatic rings. The van der Waals surface area contributed by atoms with Gasteiger partial charge in [-0.2, -0.15) is 0 Å². The Balaban J connectivity index is 1.86. The van der Waals surface area contributed by atoms with E-state index in [4.69, 9.17) is 39.5 Å². The highest BCUT2D eigenvalue weighted by atomic mass is 35.5. The van der Waals surface area contributed by atoms with E-state index in [1.807, 2.05) is 13.8 Å². The third-order valence-corrected chi connectivity index (χ3v) is 8.29. The molecular formula is C22H24Cl3NO4S. The van der Waals surface area contributed by atoms with Crippen molar-refractivity contribution in [2.24, 2.45) is 0 Å². The summed E-state index contributed by atoms with van der Waals surface area (Å²) < 4.78 is 30.1. The summed E-state index contributed by atoms with van der Waals surface area (Å²) in [5, 5.41) is 1.56. The van der Waals surface area contributed by atoms with Crippen molar-refractivity contribution in [3.8, 4) is 5.75 Å². The fourth-order valence-electron chi connectivity index (χ4n) is 3.70. The Kier molecular flexibility index (Phi) is 7.47. The number of hydrogen-bond acceptors (Lipinski definition) is 4. The SMILES string of the molecule is Cc1cc(O[C@H](C)C(=O)N(Cc2ccc(Cl)cc2Cl)[C@H]2CCS(=O)(=O)C2)cc(C)c1Cl. The Morgan fingerprint density at radius 3 is 2.35 bits per heavy atom. The number of aryl methyl sites for hydroxylation is 2. The van der Waals surface area contributed by atoms with Crippen molar-refractivity contribution in [1.82, 2.24) is 4.90 Å². The van der Waals surface area contributed by atoms with E-state index in [1.165, 1.54) is 0 Å². The summed E-state index contributed by atoms with van der Waals surface area (Å²) in [6.07, 6.45) is -0.445. The summed E-state index contributed by atoms with van der Waals surface area (Å²) in [6.45, 7) is 5.56. The highest BCUT2D eigenvalue weighted by molar-refractivity contribution is 7.91. The standard InChI is InChI=1S/C22H24Cl3NO4S/c1-13-8-19(9-14(2)21(13)25)30-15(3)22(27)26(18-6-7-31(28,29)12-18)11-16-4-5-17(23)10-20(16)24/h4-5,8-10,15,18H,6-7,11-12H2,1-3H3/t15-,18+/m1/s1. The van der Waals surface area contributed by atoms with Gasteiger partial charge in [-0.05, 0) is 68.1 Å². The first-order chi connectivity index (χ1) is 14.5. The molecule has 1 saturated heterocycles. The maximum absolute atomic E-state index is 13.4. The number of hydrogen-bond donors (Lipinski definition) is 0. The average Bonchev–Trinajstić information content (AvgIpc) is 3.04. The number of ether oxygens (including phenoxy) is 1. The monoisotopic (exact) mass is 503 g/mol. The lowest BCUT2D eigenvalue weighted by atomic mass is 10.1. The lowest BCUT2D eigenvalue weighted by molar-refractivity contribution is -0.140. The molecule has 0 radical (unpaired) electrons. The van der Waals surface area contributed by atoms with Crippen molar-refractivity contribution in [1.29, 1.82) is 0 Å². The van der Waals surface area contributed by atoms with Crippen LogP contribution in [0.4, 0.5) is 0 Å². The Morgan fingerprint density at radius 2 is 1.81 bits per heavy atom. The summed E-state index contributed by atoms with van der Waals surface area (Å²) in [7, 11) is -3.19. The van der Waals surface area contributed by atoms with E-state index in [1.54, 1.807) is 42.2 Å². The van der Waals surface area contributed by atoms with Crippen LogP contribution in [0.15, 0.2) is 30.3 Å². The van der Waals surface area contributed by atoms with E-state index >= 15 is 0 Å². The first-order valence-corrected chi connectivity index (χ1v) is 12.8. The maximum Gasteiger partial charge on any atom is 0.263 e. The molecule has 1 aliphatic heterocycles. The molecule has 2 atom stereocenters. The second-order valence-corrected chi connectivity index (χ2v) is 11.3. The van der Waals surface area contributed by atoms with Gasteiger partial charge in [0.15, 0.2) is 15.9 Å². The molecule has 0 unspecified atom stereocenters. The number of halogens is 3. The average molecular weight is 505 g/mol. The second kappa shape index (κ2) is 9.57. The molecule has 0 saturated carbocycles. The minimum absolute atomic E-state index is 0.0562. The molecule has 0 aliphatic carbocycles. The summed E-state index contributed by atoms with van der Waals surface area (Å²) in [5.41, 5.74) is 2.39. The molecule has 1 fully saturated rings. The van der Waals surface area contributed by atoms with Crippen LogP contribution in [0.1, 0.15) is 30.0 Å². The molecule has 2 aromatic carbocycles. The molecule has 31 heavy (non-hydrogen) atoms. The van der Waals surface area contributed by atoms with Gasteiger partial charge in [0.1, 0.15) is 5.75 Å². The van der Waals surface area contributed by atoms with Crippen LogP contribution in [-0.2, 0) is 21.2 Å². The normalized spacial score (nSPS) is 18.6. The summed E-state index contributed by atoms with van der Waals surface area (Å²) in [6, 6.07) is 8.15. The molecule has 168 valence electrons. The smallest absolute Gasteiger partial charge is 0.263 e. The number of carbonyl (C=O) groups is 1. The zero-order valence-electron chi connectivity index (χ0n) is 17.5. The van der Waals surface area contributed by atoms with Crippen LogP contribution in [0.2, 0.25) is 15.1 Å². The van der Waals surface area contributed by atoms with Crippen LogP contribution >= 0.6 is 34.8 Å². The van der Waals surface area contributed by atoms with Crippen LogP contribution < -0.4 is 4.74 Å². The lowest BCUT2D eigenvalue weighted by Gasteiger charge is -2.31. The topological polar surface area (TPSA) is 63.7 Å². The molecule has 3 rings (SSSR count). The van der Waals surface area contributed by atoms with Gasteiger partial charge in [0.05, 0.1) is 11.5 Å². The quantitative estimate of drug-likeness (QED) is 0.539. The predicted molar refractivity (Wildman–Crippen MR) is 125 cm³/mol. The molecule has 0 bridgehead atoms. The lowest BCUT2D eigenvalue weighted by Crippen LogP contribution is -2.46. The van der Waals surface area contributed by atoms with E-state index in [0.717, 1.165) is 11.1 Å². The number of nitrogens with zero attached hydrogens (tertiary/aromatic N) is 1. The van der Waals surface area contributed by atoms with Crippen molar-refractivity contribution in [3.05, 3.63) is 62.1 Å². The number of rotatable bonds is 6. The zero-order chi connectivity index (χ0) is 22.9. The van der Waals surface area contributed by atoms with Gasteiger partial charge in [0, 0.05) is 27.7 Å². The third kappa shape index (κ3) is 5.86. The molecule has 0 aromatic heterocycles. The molecule has 1 aliphatic rings. The minimum Gasteiger partial charge on any atom is -0.481 e. The van der Waals surface area contributed by atoms with Crippen LogP contribution in [0.25, 0.3) is 0 Å². The van der Waals surface area contributed by atoms with Gasteiger partial charge in [-0.25, -0.2) is 8.42 Å². The second-order valence-electron chi connectivity index (χ2n) is 7.89. The third-order valence-electron chi connectivity index (χ3n) is 5.36. The van der Waals surface area contributed by atoms with Crippen LogP contribution in [0.3, 0.4) is 0 Å². The molecule has 0 spiro atoms. The fraction of sp³-hybridized carbons (Fsp3) is 0.409. The Bertz CT molecular complexity index is 1080. The first kappa shape index (κ1) is 24.2. The molecule has 1 amide bonds. The summed E-state index contributed by atoms with van der Waals surface area (Å²) >= 11 is 18.5. The van der Waals surface area contributed by atoms with E-state index in [2.05, 4.69) is 0 Å². The van der Waals surface area contributed by atoms with Crippen molar-refractivity contribution in [2.45, 2.75) is 45.9 Å². The van der Waals surface area contributed by atoms with Crippen molar-refractivity contribution in [3.63, 3.8) is 0 Å². The molecule has 5 nitrogen and oxygen atoms in total. The van der Waals surface area contributed by atoms with Crippen molar-refractivity contribution in [2.75, 3.05) is 11.5 Å². The Hall–Kier alpha value is -1.47. The summed E-state index contributed by atoms with van der Waals surface area (Å²) in [4.78, 5) is 14.9. The van der Waals surface area contributed by atoms with Crippen LogP contribution in [-0.4, -0.2) is 42.9 Å². The van der Waals surface area contributed by atoms with Gasteiger partial charge in [-0.3, -0.25) is 4.79 Å².